The minimum absolute atomic E-state index is 0.186. The highest BCUT2D eigenvalue weighted by molar-refractivity contribution is 5.95. The van der Waals surface area contributed by atoms with E-state index in [2.05, 4.69) is 37.6 Å². The summed E-state index contributed by atoms with van der Waals surface area (Å²) >= 11 is 0. The van der Waals surface area contributed by atoms with Crippen molar-refractivity contribution < 1.29 is 4.79 Å². The minimum atomic E-state index is 0.186. The Balaban J connectivity index is 1.20. The number of carbonyl (C=O) groups is 1. The van der Waals surface area contributed by atoms with E-state index < -0.39 is 0 Å². The number of aromatic nitrogens is 2. The number of amides is 1. The average Bonchev–Trinajstić information content (AvgIpc) is 3.38. The molecule has 31 heavy (non-hydrogen) atoms. The van der Waals surface area contributed by atoms with E-state index in [0.29, 0.717) is 12.1 Å². The second-order valence-corrected chi connectivity index (χ2v) is 9.00. The van der Waals surface area contributed by atoms with Crippen molar-refractivity contribution in [2.24, 2.45) is 4.99 Å². The van der Waals surface area contributed by atoms with Crippen molar-refractivity contribution in [1.82, 2.24) is 14.5 Å². The number of imidazole rings is 1. The highest BCUT2D eigenvalue weighted by Crippen LogP contribution is 2.37. The largest absolute Gasteiger partial charge is 0.332 e. The summed E-state index contributed by atoms with van der Waals surface area (Å²) in [6.45, 7) is 1.62. The molecule has 2 aliphatic carbocycles. The van der Waals surface area contributed by atoms with E-state index in [1.165, 1.54) is 16.7 Å². The lowest BCUT2D eigenvalue weighted by Crippen LogP contribution is -2.43. The Morgan fingerprint density at radius 2 is 1.87 bits per heavy atom. The molecule has 1 unspecified atom stereocenters. The van der Waals surface area contributed by atoms with Crippen LogP contribution in [0.2, 0.25) is 0 Å². The van der Waals surface area contributed by atoms with Gasteiger partial charge in [0.15, 0.2) is 0 Å². The van der Waals surface area contributed by atoms with E-state index in [9.17, 15) is 4.79 Å². The van der Waals surface area contributed by atoms with Gasteiger partial charge in [-0.05, 0) is 73.1 Å². The molecule has 1 saturated carbocycles. The monoisotopic (exact) mass is 410 g/mol. The Kier molecular flexibility index (Phi) is 4.48. The molecule has 1 fully saturated rings. The summed E-state index contributed by atoms with van der Waals surface area (Å²) in [5.41, 5.74) is 6.96. The molecule has 0 saturated heterocycles. The molecule has 1 atom stereocenters. The fraction of sp³-hybridized carbons (Fsp3) is 0.346. The van der Waals surface area contributed by atoms with Crippen molar-refractivity contribution >= 4 is 23.2 Å². The van der Waals surface area contributed by atoms with Crippen LogP contribution in [0.5, 0.6) is 0 Å². The molecule has 3 aliphatic rings. The van der Waals surface area contributed by atoms with Crippen molar-refractivity contribution in [3.8, 4) is 0 Å². The molecular formula is C26H26N4O. The highest BCUT2D eigenvalue weighted by Gasteiger charge is 2.39. The molecule has 0 radical (unpaired) electrons. The zero-order chi connectivity index (χ0) is 20.8. The summed E-state index contributed by atoms with van der Waals surface area (Å²) < 4.78 is 2.15. The van der Waals surface area contributed by atoms with Crippen LogP contribution in [0, 0.1) is 0 Å². The fourth-order valence-electron chi connectivity index (χ4n) is 5.05. The van der Waals surface area contributed by atoms with Crippen LogP contribution in [-0.4, -0.2) is 45.2 Å². The predicted molar refractivity (Wildman–Crippen MR) is 122 cm³/mol. The molecule has 6 rings (SSSR count). The first-order chi connectivity index (χ1) is 15.3. The van der Waals surface area contributed by atoms with E-state index >= 15 is 0 Å². The van der Waals surface area contributed by atoms with E-state index in [1.807, 2.05) is 42.9 Å². The van der Waals surface area contributed by atoms with E-state index in [0.717, 1.165) is 61.8 Å². The Bertz CT molecular complexity index is 1200. The number of carbonyl (C=O) groups excluding carboxylic acids is 1. The van der Waals surface area contributed by atoms with Crippen molar-refractivity contribution in [2.75, 3.05) is 6.54 Å². The van der Waals surface area contributed by atoms with E-state index in [4.69, 9.17) is 0 Å². The average molecular weight is 411 g/mol. The van der Waals surface area contributed by atoms with Crippen molar-refractivity contribution in [3.63, 3.8) is 0 Å². The number of hydrogen-bond acceptors (Lipinski definition) is 3. The van der Waals surface area contributed by atoms with Gasteiger partial charge < -0.3 is 9.47 Å². The third-order valence-corrected chi connectivity index (χ3v) is 6.87. The lowest BCUT2D eigenvalue weighted by molar-refractivity contribution is 0.0645. The van der Waals surface area contributed by atoms with Gasteiger partial charge in [-0.15, -0.1) is 0 Å². The van der Waals surface area contributed by atoms with Crippen LogP contribution >= 0.6 is 0 Å². The van der Waals surface area contributed by atoms with Crippen LogP contribution in [0.3, 0.4) is 0 Å². The Hall–Kier alpha value is -3.21. The Morgan fingerprint density at radius 3 is 2.71 bits per heavy atom. The van der Waals surface area contributed by atoms with E-state index in [-0.39, 0.29) is 5.91 Å². The summed E-state index contributed by atoms with van der Waals surface area (Å²) in [6.07, 6.45) is 9.29. The molecule has 156 valence electrons. The molecule has 3 aromatic rings. The summed E-state index contributed by atoms with van der Waals surface area (Å²) in [7, 11) is 0. The molecule has 0 spiro atoms. The van der Waals surface area contributed by atoms with E-state index in [1.54, 1.807) is 0 Å². The van der Waals surface area contributed by atoms with Crippen LogP contribution in [0.4, 0.5) is 0 Å². The van der Waals surface area contributed by atoms with Gasteiger partial charge in [0.25, 0.3) is 5.91 Å². The maximum Gasteiger partial charge on any atom is 0.254 e. The molecule has 0 bridgehead atoms. The maximum atomic E-state index is 13.5. The molecule has 1 aromatic heterocycles. The van der Waals surface area contributed by atoms with Crippen molar-refractivity contribution in [3.05, 3.63) is 77.1 Å². The number of aliphatic imine (C=N–C) groups is 1. The van der Waals surface area contributed by atoms with Crippen LogP contribution in [0.15, 0.2) is 71.0 Å². The summed E-state index contributed by atoms with van der Waals surface area (Å²) in [4.78, 5) is 24.6. The van der Waals surface area contributed by atoms with Gasteiger partial charge >= 0.3 is 0 Å². The van der Waals surface area contributed by atoms with Crippen LogP contribution in [-0.2, 0) is 6.54 Å². The second kappa shape index (κ2) is 7.49. The number of rotatable bonds is 5. The quantitative estimate of drug-likeness (QED) is 0.616. The number of nitrogens with zero attached hydrogens (tertiary/aromatic N) is 4. The van der Waals surface area contributed by atoms with Crippen molar-refractivity contribution in [1.29, 1.82) is 0 Å². The summed E-state index contributed by atoms with van der Waals surface area (Å²) in [6, 6.07) is 17.0. The van der Waals surface area contributed by atoms with Gasteiger partial charge in [0, 0.05) is 30.4 Å². The van der Waals surface area contributed by atoms with Crippen LogP contribution in [0.25, 0.3) is 11.0 Å². The van der Waals surface area contributed by atoms with Gasteiger partial charge in [-0.2, -0.15) is 0 Å². The second-order valence-electron chi connectivity index (χ2n) is 9.00. The van der Waals surface area contributed by atoms with Gasteiger partial charge in [0.1, 0.15) is 0 Å². The molecule has 0 N–H and O–H groups in total. The fourth-order valence-corrected chi connectivity index (χ4v) is 5.05. The molecule has 5 nitrogen and oxygen atoms in total. The molecular weight excluding hydrogens is 384 g/mol. The normalized spacial score (nSPS) is 20.3. The molecule has 1 amide bonds. The van der Waals surface area contributed by atoms with Crippen LogP contribution < -0.4 is 0 Å². The number of benzene rings is 2. The highest BCUT2D eigenvalue weighted by atomic mass is 16.2. The topological polar surface area (TPSA) is 50.5 Å². The van der Waals surface area contributed by atoms with Crippen LogP contribution in [0.1, 0.15) is 48.0 Å². The number of para-hydroxylation sites is 2. The van der Waals surface area contributed by atoms with Gasteiger partial charge in [-0.1, -0.05) is 24.3 Å². The molecule has 5 heteroatoms. The third-order valence-electron chi connectivity index (χ3n) is 6.87. The predicted octanol–water partition coefficient (Wildman–Crippen LogP) is 4.62. The smallest absolute Gasteiger partial charge is 0.254 e. The molecule has 2 heterocycles. The molecule has 1 aliphatic heterocycles. The summed E-state index contributed by atoms with van der Waals surface area (Å²) in [5, 5.41) is 0. The number of fused-ring (bicyclic) bond motifs is 1. The van der Waals surface area contributed by atoms with Gasteiger partial charge in [0.2, 0.25) is 0 Å². The first-order valence-corrected chi connectivity index (χ1v) is 11.3. The SMILES string of the molecule is O=C(c1ccc(Cn2cnc3ccccc32)cc1)N(C1CC1)C1CCC2=C(C=NC2)C1. The Morgan fingerprint density at radius 1 is 1.03 bits per heavy atom. The minimum Gasteiger partial charge on any atom is -0.332 e. The zero-order valence-electron chi connectivity index (χ0n) is 17.6. The Labute approximate surface area is 182 Å². The summed E-state index contributed by atoms with van der Waals surface area (Å²) in [5.74, 6) is 0.186. The lowest BCUT2D eigenvalue weighted by atomic mass is 9.88. The van der Waals surface area contributed by atoms with Gasteiger partial charge in [0.05, 0.1) is 23.9 Å². The first-order valence-electron chi connectivity index (χ1n) is 11.3. The molecule has 2 aromatic carbocycles. The van der Waals surface area contributed by atoms with Gasteiger partial charge in [-0.3, -0.25) is 9.79 Å². The lowest BCUT2D eigenvalue weighted by Gasteiger charge is -2.35. The van der Waals surface area contributed by atoms with Gasteiger partial charge in [-0.25, -0.2) is 4.98 Å². The first kappa shape index (κ1) is 18.6. The third kappa shape index (κ3) is 3.48. The standard InChI is InChI=1S/C26H26N4O/c31-26(30(22-11-12-22)23-10-9-20-14-27-15-21(20)13-23)19-7-5-18(6-8-19)16-29-17-28-24-3-1-2-4-25(24)29/h1-8,15,17,22-23H,9-14,16H2. The zero-order valence-corrected chi connectivity index (χ0v) is 17.6. The maximum absolute atomic E-state index is 13.5. The number of hydrogen-bond donors (Lipinski definition) is 0. The van der Waals surface area contributed by atoms with Crippen molar-refractivity contribution in [2.45, 2.75) is 50.7 Å².